The highest BCUT2D eigenvalue weighted by Gasteiger charge is 2.46. The zero-order valence-electron chi connectivity index (χ0n) is 19.2. The summed E-state index contributed by atoms with van der Waals surface area (Å²) in [6, 6.07) is 16.2. The van der Waals surface area contributed by atoms with Crippen molar-refractivity contribution in [1.29, 1.82) is 0 Å². The lowest BCUT2D eigenvalue weighted by Gasteiger charge is -2.25. The number of ether oxygens (including phenoxy) is 1. The minimum atomic E-state index is -0.699. The van der Waals surface area contributed by atoms with Crippen molar-refractivity contribution in [2.75, 3.05) is 0 Å². The molecule has 6 nitrogen and oxygen atoms in total. The molecule has 6 heteroatoms. The number of aromatic nitrogens is 1. The summed E-state index contributed by atoms with van der Waals surface area (Å²) in [5.74, 6) is -0.698. The third-order valence-corrected chi connectivity index (χ3v) is 6.49. The molecule has 2 unspecified atom stereocenters. The molecule has 34 heavy (non-hydrogen) atoms. The maximum atomic E-state index is 13.3. The molecule has 5 rings (SSSR count). The van der Waals surface area contributed by atoms with Crippen LogP contribution in [-0.4, -0.2) is 32.8 Å². The van der Waals surface area contributed by atoms with Crippen molar-refractivity contribution in [2.45, 2.75) is 45.4 Å². The van der Waals surface area contributed by atoms with Crippen LogP contribution < -0.4 is 4.74 Å². The van der Waals surface area contributed by atoms with Crippen molar-refractivity contribution in [3.05, 3.63) is 100 Å². The van der Waals surface area contributed by atoms with Crippen LogP contribution in [-0.2, 0) is 29.0 Å². The molecule has 1 N–H and O–H groups in total. The van der Waals surface area contributed by atoms with Gasteiger partial charge in [0.1, 0.15) is 17.6 Å². The van der Waals surface area contributed by atoms with Crippen LogP contribution in [0.25, 0.3) is 5.76 Å². The van der Waals surface area contributed by atoms with E-state index in [0.29, 0.717) is 5.56 Å². The number of aliphatic hydroxyl groups is 1. The molecule has 0 spiro atoms. The van der Waals surface area contributed by atoms with Gasteiger partial charge < -0.3 is 14.7 Å². The Kier molecular flexibility index (Phi) is 5.65. The number of hydrogen-bond donors (Lipinski definition) is 1. The first kappa shape index (κ1) is 21.9. The summed E-state index contributed by atoms with van der Waals surface area (Å²) in [6.45, 7) is 4.27. The first-order valence-corrected chi connectivity index (χ1v) is 11.5. The lowest BCUT2D eigenvalue weighted by molar-refractivity contribution is -0.140. The molecule has 0 radical (unpaired) electrons. The molecular formula is C28H26N2O4. The Balaban J connectivity index is 1.62. The number of aryl methyl sites for hydroxylation is 1. The van der Waals surface area contributed by atoms with Gasteiger partial charge >= 0.3 is 0 Å². The topological polar surface area (TPSA) is 79.7 Å². The quantitative estimate of drug-likeness (QED) is 0.347. The van der Waals surface area contributed by atoms with Crippen LogP contribution in [0.2, 0.25) is 0 Å². The highest BCUT2D eigenvalue weighted by Crippen LogP contribution is 2.41. The molecular weight excluding hydrogens is 428 g/mol. The monoisotopic (exact) mass is 454 g/mol. The summed E-state index contributed by atoms with van der Waals surface area (Å²) in [5, 5.41) is 11.3. The van der Waals surface area contributed by atoms with Crippen molar-refractivity contribution in [3.63, 3.8) is 0 Å². The van der Waals surface area contributed by atoms with Gasteiger partial charge in [0.15, 0.2) is 0 Å². The number of carbonyl (C=O) groups is 2. The third kappa shape index (κ3) is 3.85. The SMILES string of the molecule is CCc1ccc(C2/C(=C(\O)c3ccc4c(c3)CC(C)O4)C(=O)C(=O)N2Cc2cccnc2)cc1. The van der Waals surface area contributed by atoms with E-state index >= 15 is 0 Å². The first-order chi connectivity index (χ1) is 16.5. The summed E-state index contributed by atoms with van der Waals surface area (Å²) in [7, 11) is 0. The number of carbonyl (C=O) groups excluding carboxylic acids is 2. The molecule has 3 heterocycles. The Morgan fingerprint density at radius 2 is 1.91 bits per heavy atom. The van der Waals surface area contributed by atoms with Gasteiger partial charge in [-0.1, -0.05) is 37.3 Å². The van der Waals surface area contributed by atoms with Gasteiger partial charge in [0.25, 0.3) is 11.7 Å². The number of benzene rings is 2. The molecule has 2 aliphatic rings. The number of ketones is 1. The zero-order valence-corrected chi connectivity index (χ0v) is 19.2. The second-order valence-corrected chi connectivity index (χ2v) is 8.84. The average Bonchev–Trinajstić information content (AvgIpc) is 3.35. The summed E-state index contributed by atoms with van der Waals surface area (Å²) < 4.78 is 5.77. The summed E-state index contributed by atoms with van der Waals surface area (Å²) >= 11 is 0. The Hall–Kier alpha value is -3.93. The van der Waals surface area contributed by atoms with Crippen molar-refractivity contribution in [2.24, 2.45) is 0 Å². The van der Waals surface area contributed by atoms with Crippen LogP contribution in [0.3, 0.4) is 0 Å². The van der Waals surface area contributed by atoms with E-state index in [-0.39, 0.29) is 24.0 Å². The normalized spacial score (nSPS) is 20.9. The van der Waals surface area contributed by atoms with Gasteiger partial charge in [-0.2, -0.15) is 0 Å². The predicted molar refractivity (Wildman–Crippen MR) is 128 cm³/mol. The van der Waals surface area contributed by atoms with Gasteiger partial charge in [0.05, 0.1) is 11.6 Å². The number of fused-ring (bicyclic) bond motifs is 1. The van der Waals surface area contributed by atoms with Crippen molar-refractivity contribution in [1.82, 2.24) is 9.88 Å². The second kappa shape index (κ2) is 8.78. The molecule has 1 saturated heterocycles. The number of hydrogen-bond acceptors (Lipinski definition) is 5. The minimum absolute atomic E-state index is 0.0644. The van der Waals surface area contributed by atoms with Crippen LogP contribution in [0.4, 0.5) is 0 Å². The Morgan fingerprint density at radius 3 is 2.62 bits per heavy atom. The number of nitrogens with zero attached hydrogens (tertiary/aromatic N) is 2. The van der Waals surface area contributed by atoms with Gasteiger partial charge in [0, 0.05) is 30.9 Å². The molecule has 0 aliphatic carbocycles. The second-order valence-electron chi connectivity index (χ2n) is 8.84. The zero-order chi connectivity index (χ0) is 23.8. The number of pyridine rings is 1. The van der Waals surface area contributed by atoms with E-state index in [1.165, 1.54) is 4.90 Å². The van der Waals surface area contributed by atoms with E-state index in [9.17, 15) is 14.7 Å². The maximum absolute atomic E-state index is 13.3. The summed E-state index contributed by atoms with van der Waals surface area (Å²) in [4.78, 5) is 32.1. The molecule has 172 valence electrons. The fraction of sp³-hybridized carbons (Fsp3) is 0.250. The molecule has 2 aliphatic heterocycles. The van der Waals surface area contributed by atoms with Gasteiger partial charge in [-0.3, -0.25) is 14.6 Å². The number of rotatable bonds is 5. The maximum Gasteiger partial charge on any atom is 0.295 e. The van der Waals surface area contributed by atoms with Crippen molar-refractivity contribution < 1.29 is 19.4 Å². The highest BCUT2D eigenvalue weighted by atomic mass is 16.5. The van der Waals surface area contributed by atoms with E-state index in [1.54, 1.807) is 24.5 Å². The molecule has 0 saturated carbocycles. The molecule has 2 atom stereocenters. The van der Waals surface area contributed by atoms with Crippen LogP contribution in [0.1, 0.15) is 47.7 Å². The van der Waals surface area contributed by atoms with Gasteiger partial charge in [-0.25, -0.2) is 0 Å². The lowest BCUT2D eigenvalue weighted by atomic mass is 9.93. The van der Waals surface area contributed by atoms with Crippen LogP contribution in [0.5, 0.6) is 5.75 Å². The van der Waals surface area contributed by atoms with Crippen LogP contribution in [0.15, 0.2) is 72.6 Å². The third-order valence-electron chi connectivity index (χ3n) is 6.49. The van der Waals surface area contributed by atoms with E-state index in [0.717, 1.165) is 40.8 Å². The smallest absolute Gasteiger partial charge is 0.295 e. The van der Waals surface area contributed by atoms with E-state index in [1.807, 2.05) is 49.4 Å². The summed E-state index contributed by atoms with van der Waals surface area (Å²) in [5.41, 5.74) is 4.32. The first-order valence-electron chi connectivity index (χ1n) is 11.5. The Morgan fingerprint density at radius 1 is 1.12 bits per heavy atom. The highest BCUT2D eigenvalue weighted by molar-refractivity contribution is 6.46. The molecule has 2 aromatic carbocycles. The Bertz CT molecular complexity index is 1280. The molecule has 1 aromatic heterocycles. The molecule has 0 bridgehead atoms. The minimum Gasteiger partial charge on any atom is -0.507 e. The number of Topliss-reactive ketones (excluding diaryl/α,β-unsaturated/α-hetero) is 1. The van der Waals surface area contributed by atoms with Crippen LogP contribution >= 0.6 is 0 Å². The van der Waals surface area contributed by atoms with E-state index in [2.05, 4.69) is 11.9 Å². The van der Waals surface area contributed by atoms with Gasteiger partial charge in [0.2, 0.25) is 0 Å². The fourth-order valence-corrected chi connectivity index (χ4v) is 4.74. The van der Waals surface area contributed by atoms with Crippen molar-refractivity contribution >= 4 is 17.4 Å². The standard InChI is InChI=1S/C28H26N2O4/c1-3-18-6-8-20(9-7-18)25-24(26(31)21-10-11-23-22(14-21)13-17(2)34-23)27(32)28(33)30(25)16-19-5-4-12-29-15-19/h4-12,14-15,17,25,31H,3,13,16H2,1-2H3/b26-24+. The number of aliphatic hydroxyl groups excluding tert-OH is 1. The van der Waals surface area contributed by atoms with Crippen molar-refractivity contribution in [3.8, 4) is 5.75 Å². The van der Waals surface area contributed by atoms with Gasteiger partial charge in [-0.15, -0.1) is 0 Å². The number of likely N-dealkylation sites (tertiary alicyclic amines) is 1. The molecule has 3 aromatic rings. The predicted octanol–water partition coefficient (Wildman–Crippen LogP) is 4.59. The number of amides is 1. The fourth-order valence-electron chi connectivity index (χ4n) is 4.74. The largest absolute Gasteiger partial charge is 0.507 e. The van der Waals surface area contributed by atoms with E-state index < -0.39 is 17.7 Å². The lowest BCUT2D eigenvalue weighted by Crippen LogP contribution is -2.29. The summed E-state index contributed by atoms with van der Waals surface area (Å²) in [6.07, 6.45) is 5.02. The van der Waals surface area contributed by atoms with E-state index in [4.69, 9.17) is 4.74 Å². The molecule has 1 amide bonds. The van der Waals surface area contributed by atoms with Gasteiger partial charge in [-0.05, 0) is 59.9 Å². The van der Waals surface area contributed by atoms with Crippen LogP contribution in [0, 0.1) is 0 Å². The average molecular weight is 455 g/mol. The molecule has 1 fully saturated rings. The Labute approximate surface area is 198 Å².